The molecule has 8 nitrogen and oxygen atoms in total. The maximum atomic E-state index is 13.5. The Morgan fingerprint density at radius 3 is 2.47 bits per heavy atom. The van der Waals surface area contributed by atoms with Crippen LogP contribution in [0.2, 0.25) is 5.02 Å². The number of nitrogens with zero attached hydrogens (tertiary/aromatic N) is 3. The first kappa shape index (κ1) is 23.3. The van der Waals surface area contributed by atoms with E-state index < -0.39 is 23.7 Å². The standard InChI is InChI=1S/C23H25ClN4O4/c1-6-32-23(31)19-9-10-28(26-19)20(21(29)16-12-14(3)27(5)15(16)4)22(30)25-18-8-7-13(2)11-17(18)24/h7-12,20H,6H2,1-5H3,(H,25,30). The zero-order valence-electron chi connectivity index (χ0n) is 18.6. The number of aromatic nitrogens is 3. The van der Waals surface area contributed by atoms with Crippen LogP contribution in [-0.2, 0) is 16.6 Å². The number of carbonyl (C=O) groups excluding carboxylic acids is 3. The van der Waals surface area contributed by atoms with Crippen LogP contribution in [0.25, 0.3) is 0 Å². The van der Waals surface area contributed by atoms with Gasteiger partial charge in [-0.1, -0.05) is 17.7 Å². The molecule has 0 saturated heterocycles. The third-order valence-corrected chi connectivity index (χ3v) is 5.59. The first-order chi connectivity index (χ1) is 15.1. The van der Waals surface area contributed by atoms with Crippen LogP contribution in [0.1, 0.15) is 50.8 Å². The van der Waals surface area contributed by atoms with Crippen LogP contribution < -0.4 is 5.32 Å². The molecule has 1 unspecified atom stereocenters. The number of halogens is 1. The number of hydrogen-bond acceptors (Lipinski definition) is 5. The lowest BCUT2D eigenvalue weighted by atomic mass is 10.0. The molecule has 3 aromatic rings. The molecule has 2 aromatic heterocycles. The van der Waals surface area contributed by atoms with Crippen LogP contribution in [0, 0.1) is 20.8 Å². The summed E-state index contributed by atoms with van der Waals surface area (Å²) in [5, 5.41) is 7.22. The van der Waals surface area contributed by atoms with E-state index in [9.17, 15) is 14.4 Å². The molecule has 0 saturated carbocycles. The number of ketones is 1. The van der Waals surface area contributed by atoms with Crippen molar-refractivity contribution in [3.63, 3.8) is 0 Å². The number of carbonyl (C=O) groups is 3. The fraction of sp³-hybridized carbons (Fsp3) is 0.304. The summed E-state index contributed by atoms with van der Waals surface area (Å²) >= 11 is 6.26. The molecule has 0 aliphatic heterocycles. The average molecular weight is 457 g/mol. The fourth-order valence-corrected chi connectivity index (χ4v) is 3.61. The molecule has 9 heteroatoms. The minimum Gasteiger partial charge on any atom is -0.461 e. The topological polar surface area (TPSA) is 95.2 Å². The van der Waals surface area contributed by atoms with Crippen LogP contribution in [0.4, 0.5) is 5.69 Å². The Morgan fingerprint density at radius 2 is 1.88 bits per heavy atom. The van der Waals surface area contributed by atoms with Gasteiger partial charge < -0.3 is 14.6 Å². The largest absolute Gasteiger partial charge is 0.461 e. The number of amides is 1. The smallest absolute Gasteiger partial charge is 0.358 e. The van der Waals surface area contributed by atoms with E-state index in [-0.39, 0.29) is 12.3 Å². The second-order valence-electron chi connectivity index (χ2n) is 7.48. The molecule has 32 heavy (non-hydrogen) atoms. The van der Waals surface area contributed by atoms with Gasteiger partial charge in [-0.3, -0.25) is 14.3 Å². The minimum absolute atomic E-state index is 0.00628. The summed E-state index contributed by atoms with van der Waals surface area (Å²) < 4.78 is 8.01. The molecular formula is C23H25ClN4O4. The number of hydrogen-bond donors (Lipinski definition) is 1. The van der Waals surface area contributed by atoms with E-state index in [2.05, 4.69) is 10.4 Å². The van der Waals surface area contributed by atoms with Gasteiger partial charge in [0.2, 0.25) is 0 Å². The molecule has 1 amide bonds. The molecule has 0 aliphatic rings. The van der Waals surface area contributed by atoms with E-state index in [0.717, 1.165) is 17.0 Å². The molecule has 0 aliphatic carbocycles. The van der Waals surface area contributed by atoms with Crippen molar-refractivity contribution in [2.75, 3.05) is 11.9 Å². The zero-order valence-corrected chi connectivity index (χ0v) is 19.4. The second-order valence-corrected chi connectivity index (χ2v) is 7.89. The summed E-state index contributed by atoms with van der Waals surface area (Å²) in [4.78, 5) is 38.9. The van der Waals surface area contributed by atoms with Gasteiger partial charge in [0.15, 0.2) is 17.5 Å². The average Bonchev–Trinajstić information content (AvgIpc) is 3.31. The van der Waals surface area contributed by atoms with Crippen LogP contribution in [-0.4, -0.2) is 38.6 Å². The van der Waals surface area contributed by atoms with E-state index >= 15 is 0 Å². The Bertz CT molecular complexity index is 1190. The van der Waals surface area contributed by atoms with Crippen molar-refractivity contribution in [2.45, 2.75) is 33.7 Å². The summed E-state index contributed by atoms with van der Waals surface area (Å²) in [6.45, 7) is 7.42. The Morgan fingerprint density at radius 1 is 1.16 bits per heavy atom. The van der Waals surface area contributed by atoms with Gasteiger partial charge in [0, 0.05) is 30.2 Å². The number of ether oxygens (including phenoxy) is 1. The van der Waals surface area contributed by atoms with E-state index in [0.29, 0.717) is 16.3 Å². The molecule has 1 N–H and O–H groups in total. The Kier molecular flexibility index (Phi) is 6.84. The predicted octanol–water partition coefficient (Wildman–Crippen LogP) is 4.04. The zero-order chi connectivity index (χ0) is 23.6. The first-order valence-corrected chi connectivity index (χ1v) is 10.5. The van der Waals surface area contributed by atoms with Crippen molar-refractivity contribution in [1.29, 1.82) is 0 Å². The van der Waals surface area contributed by atoms with Gasteiger partial charge in [-0.15, -0.1) is 0 Å². The van der Waals surface area contributed by atoms with Crippen LogP contribution in [0.15, 0.2) is 36.5 Å². The maximum absolute atomic E-state index is 13.5. The van der Waals surface area contributed by atoms with Crippen LogP contribution in [0.3, 0.4) is 0 Å². The monoisotopic (exact) mass is 456 g/mol. The van der Waals surface area contributed by atoms with Gasteiger partial charge in [0.05, 0.1) is 17.3 Å². The van der Waals surface area contributed by atoms with Crippen molar-refractivity contribution >= 4 is 34.9 Å². The van der Waals surface area contributed by atoms with E-state index in [1.165, 1.54) is 16.9 Å². The molecule has 0 spiro atoms. The van der Waals surface area contributed by atoms with Crippen molar-refractivity contribution < 1.29 is 19.1 Å². The van der Waals surface area contributed by atoms with Crippen molar-refractivity contribution in [1.82, 2.24) is 14.3 Å². The Hall–Kier alpha value is -3.39. The molecule has 3 rings (SSSR count). The quantitative estimate of drug-likeness (QED) is 0.329. The Labute approximate surface area is 191 Å². The minimum atomic E-state index is -1.35. The van der Waals surface area contributed by atoms with Crippen LogP contribution >= 0.6 is 11.6 Å². The number of anilines is 1. The highest BCUT2D eigenvalue weighted by molar-refractivity contribution is 6.34. The molecule has 168 valence electrons. The molecule has 1 atom stereocenters. The van der Waals surface area contributed by atoms with E-state index in [4.69, 9.17) is 16.3 Å². The molecule has 0 bridgehead atoms. The van der Waals surface area contributed by atoms with E-state index in [1.54, 1.807) is 38.1 Å². The van der Waals surface area contributed by atoms with Gasteiger partial charge in [-0.2, -0.15) is 5.10 Å². The maximum Gasteiger partial charge on any atom is 0.358 e. The summed E-state index contributed by atoms with van der Waals surface area (Å²) in [6.07, 6.45) is 1.41. The number of rotatable bonds is 7. The molecule has 0 fully saturated rings. The molecule has 1 aromatic carbocycles. The van der Waals surface area contributed by atoms with Crippen molar-refractivity contribution in [3.05, 3.63) is 69.8 Å². The van der Waals surface area contributed by atoms with Gasteiger partial charge >= 0.3 is 5.97 Å². The lowest BCUT2D eigenvalue weighted by molar-refractivity contribution is -0.118. The molecule has 0 radical (unpaired) electrons. The molecular weight excluding hydrogens is 432 g/mol. The lowest BCUT2D eigenvalue weighted by Crippen LogP contribution is -2.33. The predicted molar refractivity (Wildman–Crippen MR) is 121 cm³/mol. The lowest BCUT2D eigenvalue weighted by Gasteiger charge is -2.17. The summed E-state index contributed by atoms with van der Waals surface area (Å²) in [5.74, 6) is -1.71. The second kappa shape index (κ2) is 9.40. The number of aryl methyl sites for hydroxylation is 2. The molecule has 2 heterocycles. The first-order valence-electron chi connectivity index (χ1n) is 10.1. The third kappa shape index (κ3) is 4.60. The highest BCUT2D eigenvalue weighted by Crippen LogP contribution is 2.26. The third-order valence-electron chi connectivity index (χ3n) is 5.28. The number of benzene rings is 1. The summed E-state index contributed by atoms with van der Waals surface area (Å²) in [6, 6.07) is 6.97. The highest BCUT2D eigenvalue weighted by atomic mass is 35.5. The number of esters is 1. The van der Waals surface area contributed by atoms with Gasteiger partial charge in [0.25, 0.3) is 5.91 Å². The summed E-state index contributed by atoms with van der Waals surface area (Å²) in [7, 11) is 1.84. The number of nitrogens with one attached hydrogen (secondary N) is 1. The summed E-state index contributed by atoms with van der Waals surface area (Å²) in [5.41, 5.74) is 3.30. The van der Waals surface area contributed by atoms with Gasteiger partial charge in [-0.25, -0.2) is 4.79 Å². The number of Topliss-reactive ketones (excluding diaryl/α,β-unsaturated/α-hetero) is 1. The van der Waals surface area contributed by atoms with E-state index in [1.807, 2.05) is 25.5 Å². The van der Waals surface area contributed by atoms with Gasteiger partial charge in [0.1, 0.15) is 0 Å². The normalized spacial score (nSPS) is 11.8. The fourth-order valence-electron chi connectivity index (χ4n) is 3.33. The SMILES string of the molecule is CCOC(=O)c1ccn(C(C(=O)Nc2ccc(C)cc2Cl)C(=O)c2cc(C)n(C)c2C)n1. The Balaban J connectivity index is 2.02. The van der Waals surface area contributed by atoms with Crippen LogP contribution in [0.5, 0.6) is 0 Å². The van der Waals surface area contributed by atoms with Crippen molar-refractivity contribution in [3.8, 4) is 0 Å². The van der Waals surface area contributed by atoms with Gasteiger partial charge in [-0.05, 0) is 57.5 Å². The highest BCUT2D eigenvalue weighted by Gasteiger charge is 2.33. The van der Waals surface area contributed by atoms with Crippen molar-refractivity contribution in [2.24, 2.45) is 7.05 Å².